The lowest BCUT2D eigenvalue weighted by Gasteiger charge is -2.41. The average molecular weight is 686 g/mol. The van der Waals surface area contributed by atoms with E-state index in [1.807, 2.05) is 72.8 Å². The number of nitrogens with one attached hydrogen (secondary N) is 2. The summed E-state index contributed by atoms with van der Waals surface area (Å²) in [4.78, 5) is 39.7. The molecule has 0 radical (unpaired) electrons. The molecule has 0 bridgehead atoms. The SMILES string of the molecule is CCOC(=O)CNC(=O)NCc1cccc(-c2ccc(C3OC(CSc4ncccc4C(=O)O)C(C)C(c4ccc(CO)cc4)O3)cc2)c1. The molecule has 4 N–H and O–H groups in total. The van der Waals surface area contributed by atoms with Crippen molar-refractivity contribution in [2.75, 3.05) is 18.9 Å². The van der Waals surface area contributed by atoms with Crippen LogP contribution in [0.3, 0.4) is 0 Å². The number of aliphatic hydroxyl groups excluding tert-OH is 1. The number of nitrogens with zero attached hydrogens (tertiary/aromatic N) is 1. The number of ether oxygens (including phenoxy) is 3. The third-order valence-corrected chi connectivity index (χ3v) is 9.20. The molecule has 4 aromatic rings. The number of thioether (sulfide) groups is 1. The van der Waals surface area contributed by atoms with E-state index in [9.17, 15) is 24.6 Å². The predicted molar refractivity (Wildman–Crippen MR) is 184 cm³/mol. The number of esters is 1. The Labute approximate surface area is 289 Å². The number of aliphatic hydroxyl groups is 1. The number of aromatic nitrogens is 1. The van der Waals surface area contributed by atoms with Crippen molar-refractivity contribution < 1.29 is 38.8 Å². The molecule has 0 spiro atoms. The van der Waals surface area contributed by atoms with Crippen LogP contribution in [0, 0.1) is 5.92 Å². The Bertz CT molecular complexity index is 1730. The van der Waals surface area contributed by atoms with Gasteiger partial charge in [-0.2, -0.15) is 0 Å². The van der Waals surface area contributed by atoms with Crippen LogP contribution in [0.15, 0.2) is 96.2 Å². The summed E-state index contributed by atoms with van der Waals surface area (Å²) in [7, 11) is 0. The van der Waals surface area contributed by atoms with E-state index in [2.05, 4.69) is 22.5 Å². The smallest absolute Gasteiger partial charge is 0.338 e. The number of hydrogen-bond acceptors (Lipinski definition) is 9. The number of carbonyl (C=O) groups is 3. The Hall–Kier alpha value is -4.75. The summed E-state index contributed by atoms with van der Waals surface area (Å²) in [5.74, 6) is -1.15. The van der Waals surface area contributed by atoms with Crippen LogP contribution in [-0.4, -0.2) is 58.2 Å². The van der Waals surface area contributed by atoms with Crippen molar-refractivity contribution in [1.29, 1.82) is 0 Å². The van der Waals surface area contributed by atoms with Gasteiger partial charge in [0.25, 0.3) is 0 Å². The van der Waals surface area contributed by atoms with E-state index >= 15 is 0 Å². The summed E-state index contributed by atoms with van der Waals surface area (Å²) in [6, 6.07) is 26.0. The van der Waals surface area contributed by atoms with Crippen LogP contribution in [0.25, 0.3) is 11.1 Å². The molecular formula is C37H39N3O8S. The molecule has 4 unspecified atom stereocenters. The maximum Gasteiger partial charge on any atom is 0.338 e. The van der Waals surface area contributed by atoms with E-state index in [0.29, 0.717) is 10.8 Å². The van der Waals surface area contributed by atoms with Crippen LogP contribution in [0.1, 0.15) is 58.9 Å². The highest BCUT2D eigenvalue weighted by Gasteiger charge is 2.38. The van der Waals surface area contributed by atoms with Crippen molar-refractivity contribution in [1.82, 2.24) is 15.6 Å². The number of carbonyl (C=O) groups excluding carboxylic acids is 2. The van der Waals surface area contributed by atoms with E-state index in [4.69, 9.17) is 14.2 Å². The quantitative estimate of drug-likeness (QED) is 0.0990. The zero-order valence-electron chi connectivity index (χ0n) is 27.2. The van der Waals surface area contributed by atoms with Crippen molar-refractivity contribution in [3.8, 4) is 11.1 Å². The Balaban J connectivity index is 1.30. The van der Waals surface area contributed by atoms with Crippen LogP contribution < -0.4 is 10.6 Å². The lowest BCUT2D eigenvalue weighted by Crippen LogP contribution is -2.38. The van der Waals surface area contributed by atoms with Crippen LogP contribution in [0.5, 0.6) is 0 Å². The molecule has 2 amide bonds. The number of rotatable bonds is 13. The van der Waals surface area contributed by atoms with Crippen LogP contribution in [-0.2, 0) is 32.2 Å². The summed E-state index contributed by atoms with van der Waals surface area (Å²) in [6.07, 6.45) is 0.271. The number of carboxylic acids is 1. The molecule has 49 heavy (non-hydrogen) atoms. The molecule has 11 nitrogen and oxygen atoms in total. The summed E-state index contributed by atoms with van der Waals surface area (Å²) >= 11 is 1.34. The first kappa shape index (κ1) is 35.6. The van der Waals surface area contributed by atoms with E-state index in [-0.39, 0.29) is 50.0 Å². The van der Waals surface area contributed by atoms with Gasteiger partial charge in [-0.05, 0) is 52.9 Å². The Morgan fingerprint density at radius 2 is 1.65 bits per heavy atom. The van der Waals surface area contributed by atoms with Gasteiger partial charge in [-0.1, -0.05) is 73.7 Å². The summed E-state index contributed by atoms with van der Waals surface area (Å²) in [5.41, 5.74) is 5.52. The second kappa shape index (κ2) is 17.1. The number of benzene rings is 3. The highest BCUT2D eigenvalue weighted by atomic mass is 32.2. The largest absolute Gasteiger partial charge is 0.478 e. The first-order valence-corrected chi connectivity index (χ1v) is 16.9. The van der Waals surface area contributed by atoms with Gasteiger partial charge in [-0.3, -0.25) is 4.79 Å². The van der Waals surface area contributed by atoms with Crippen LogP contribution in [0.4, 0.5) is 4.79 Å². The zero-order chi connectivity index (χ0) is 34.8. The van der Waals surface area contributed by atoms with E-state index in [1.165, 1.54) is 11.8 Å². The second-order valence-electron chi connectivity index (χ2n) is 11.5. The van der Waals surface area contributed by atoms with Crippen molar-refractivity contribution in [3.05, 3.63) is 119 Å². The number of pyridine rings is 1. The number of carboxylic acid groups (broad SMARTS) is 1. The third-order valence-electron chi connectivity index (χ3n) is 8.10. The molecule has 4 atom stereocenters. The van der Waals surface area contributed by atoms with Crippen molar-refractivity contribution in [2.45, 2.75) is 50.5 Å². The van der Waals surface area contributed by atoms with Gasteiger partial charge in [0, 0.05) is 30.0 Å². The van der Waals surface area contributed by atoms with Crippen molar-refractivity contribution >= 4 is 29.7 Å². The third kappa shape index (κ3) is 9.45. The molecule has 1 aliphatic rings. The molecule has 1 aromatic heterocycles. The fourth-order valence-corrected chi connectivity index (χ4v) is 6.59. The molecule has 1 saturated heterocycles. The first-order chi connectivity index (χ1) is 23.7. The van der Waals surface area contributed by atoms with Crippen molar-refractivity contribution in [3.63, 3.8) is 0 Å². The topological polar surface area (TPSA) is 156 Å². The van der Waals surface area contributed by atoms with Gasteiger partial charge in [0.15, 0.2) is 6.29 Å². The zero-order valence-corrected chi connectivity index (χ0v) is 28.0. The van der Waals surface area contributed by atoms with Gasteiger partial charge in [0.05, 0.1) is 31.0 Å². The number of urea groups is 1. The van der Waals surface area contributed by atoms with Gasteiger partial charge in [0.2, 0.25) is 0 Å². The molecule has 0 saturated carbocycles. The molecule has 5 rings (SSSR count). The van der Waals surface area contributed by atoms with E-state index in [1.54, 1.807) is 25.3 Å². The fourth-order valence-electron chi connectivity index (χ4n) is 5.44. The molecule has 0 aliphatic carbocycles. The molecule has 3 aromatic carbocycles. The second-order valence-corrected chi connectivity index (χ2v) is 12.5. The minimum atomic E-state index is -1.03. The molecule has 2 heterocycles. The lowest BCUT2D eigenvalue weighted by molar-refractivity contribution is -0.268. The van der Waals surface area contributed by atoms with Gasteiger partial charge < -0.3 is 35.1 Å². The van der Waals surface area contributed by atoms with E-state index < -0.39 is 24.3 Å². The number of aromatic carboxylic acids is 1. The van der Waals surface area contributed by atoms with Gasteiger partial charge in [-0.25, -0.2) is 14.6 Å². The molecular weight excluding hydrogens is 646 g/mol. The monoisotopic (exact) mass is 685 g/mol. The first-order valence-electron chi connectivity index (χ1n) is 15.9. The minimum Gasteiger partial charge on any atom is -0.478 e. The van der Waals surface area contributed by atoms with Gasteiger partial charge in [0.1, 0.15) is 11.6 Å². The lowest BCUT2D eigenvalue weighted by atomic mass is 9.91. The molecule has 12 heteroatoms. The highest BCUT2D eigenvalue weighted by molar-refractivity contribution is 7.99. The predicted octanol–water partition coefficient (Wildman–Crippen LogP) is 5.89. The Morgan fingerprint density at radius 3 is 2.37 bits per heavy atom. The fraction of sp³-hybridized carbons (Fsp3) is 0.297. The normalized spacial score (nSPS) is 18.8. The van der Waals surface area contributed by atoms with Crippen LogP contribution >= 0.6 is 11.8 Å². The number of amides is 2. The standard InChI is InChI=1S/C37H39N3O8S/c1-3-46-32(42)20-40-37(45)39-19-25-6-4-7-29(18-25)26-13-15-28(16-14-26)36-47-31(22-49-34-30(35(43)44)8-5-17-38-34)23(2)33(48-36)27-11-9-24(21-41)10-12-27/h4-18,23,31,33,36,41H,3,19-22H2,1-2H3,(H,43,44)(H2,39,40,45). The Morgan fingerprint density at radius 1 is 0.898 bits per heavy atom. The Kier molecular flexibility index (Phi) is 12.4. The number of hydrogen-bond donors (Lipinski definition) is 4. The maximum absolute atomic E-state index is 12.1. The maximum atomic E-state index is 12.1. The van der Waals surface area contributed by atoms with Crippen molar-refractivity contribution in [2.24, 2.45) is 5.92 Å². The summed E-state index contributed by atoms with van der Waals surface area (Å²) in [5, 5.41) is 24.9. The van der Waals surface area contributed by atoms with Gasteiger partial charge in [-0.15, -0.1) is 11.8 Å². The molecule has 256 valence electrons. The summed E-state index contributed by atoms with van der Waals surface area (Å²) in [6.45, 7) is 4.02. The van der Waals surface area contributed by atoms with E-state index in [0.717, 1.165) is 33.4 Å². The average Bonchev–Trinajstić information content (AvgIpc) is 3.13. The highest BCUT2D eigenvalue weighted by Crippen LogP contribution is 2.43. The van der Waals surface area contributed by atoms with Gasteiger partial charge >= 0.3 is 18.0 Å². The summed E-state index contributed by atoms with van der Waals surface area (Å²) < 4.78 is 17.9. The molecule has 1 fully saturated rings. The van der Waals surface area contributed by atoms with Crippen LogP contribution in [0.2, 0.25) is 0 Å². The minimum absolute atomic E-state index is 0.0550. The molecule has 1 aliphatic heterocycles.